The Balaban J connectivity index is 2.98. The molecule has 112 valence electrons. The smallest absolute Gasteiger partial charge is 0.336 e. The summed E-state index contributed by atoms with van der Waals surface area (Å²) in [6, 6.07) is 4.50. The molecule has 1 rings (SSSR count). The molecule has 0 aromatic heterocycles. The van der Waals surface area contributed by atoms with E-state index in [1.54, 1.807) is 13.0 Å². The number of aromatic carboxylic acids is 1. The molecule has 1 aromatic rings. The summed E-state index contributed by atoms with van der Waals surface area (Å²) >= 11 is 0. The minimum Gasteiger partial charge on any atom is -0.478 e. The van der Waals surface area contributed by atoms with Crippen molar-refractivity contribution in [1.82, 2.24) is 4.31 Å². The first kappa shape index (κ1) is 16.5. The Morgan fingerprint density at radius 2 is 2.05 bits per heavy atom. The topological polar surface area (TPSA) is 86.7 Å². The molecule has 0 saturated carbocycles. The third-order valence-electron chi connectivity index (χ3n) is 3.04. The van der Waals surface area contributed by atoms with Crippen molar-refractivity contribution in [3.05, 3.63) is 29.3 Å². The first-order valence-corrected chi connectivity index (χ1v) is 7.80. The van der Waals surface area contributed by atoms with Gasteiger partial charge >= 0.3 is 16.2 Å². The Morgan fingerprint density at radius 1 is 1.40 bits per heavy atom. The van der Waals surface area contributed by atoms with E-state index in [1.807, 2.05) is 6.92 Å². The Morgan fingerprint density at radius 3 is 2.60 bits per heavy atom. The second kappa shape index (κ2) is 6.71. The first-order chi connectivity index (χ1) is 9.29. The van der Waals surface area contributed by atoms with Crippen molar-refractivity contribution in [3.8, 4) is 0 Å². The van der Waals surface area contributed by atoms with Gasteiger partial charge in [-0.05, 0) is 31.0 Å². The number of nitrogens with zero attached hydrogens (tertiary/aromatic N) is 1. The van der Waals surface area contributed by atoms with Crippen molar-refractivity contribution in [1.29, 1.82) is 0 Å². The minimum absolute atomic E-state index is 0.0846. The maximum Gasteiger partial charge on any atom is 0.336 e. The largest absolute Gasteiger partial charge is 0.478 e. The molecule has 20 heavy (non-hydrogen) atoms. The number of carboxylic acid groups (broad SMARTS) is 1. The number of carbonyl (C=O) groups is 1. The van der Waals surface area contributed by atoms with Crippen LogP contribution in [0.4, 0.5) is 5.69 Å². The molecule has 1 aromatic carbocycles. The van der Waals surface area contributed by atoms with Gasteiger partial charge in [0.2, 0.25) is 0 Å². The molecule has 0 aliphatic carbocycles. The first-order valence-electron chi connectivity index (χ1n) is 6.36. The predicted octanol–water partition coefficient (Wildman–Crippen LogP) is 2.08. The van der Waals surface area contributed by atoms with Gasteiger partial charge in [0.05, 0.1) is 11.3 Å². The van der Waals surface area contributed by atoms with E-state index in [9.17, 15) is 13.2 Å². The van der Waals surface area contributed by atoms with Gasteiger partial charge in [-0.3, -0.25) is 4.72 Å². The van der Waals surface area contributed by atoms with Crippen molar-refractivity contribution >= 4 is 21.9 Å². The molecule has 0 aliphatic heterocycles. The van der Waals surface area contributed by atoms with Gasteiger partial charge in [0.25, 0.3) is 0 Å². The van der Waals surface area contributed by atoms with E-state index in [4.69, 9.17) is 5.11 Å². The van der Waals surface area contributed by atoms with Crippen LogP contribution in [0, 0.1) is 6.92 Å². The lowest BCUT2D eigenvalue weighted by Crippen LogP contribution is -2.33. The van der Waals surface area contributed by atoms with Gasteiger partial charge in [-0.2, -0.15) is 12.7 Å². The van der Waals surface area contributed by atoms with Crippen LogP contribution in [0.3, 0.4) is 0 Å². The molecule has 0 bridgehead atoms. The van der Waals surface area contributed by atoms with Crippen LogP contribution in [0.5, 0.6) is 0 Å². The maximum atomic E-state index is 12.1. The average Bonchev–Trinajstić information content (AvgIpc) is 2.37. The molecule has 0 heterocycles. The molecule has 0 aliphatic rings. The van der Waals surface area contributed by atoms with Gasteiger partial charge < -0.3 is 5.11 Å². The fraction of sp³-hybridized carbons (Fsp3) is 0.462. The van der Waals surface area contributed by atoms with Gasteiger partial charge in [0, 0.05) is 13.6 Å². The highest BCUT2D eigenvalue weighted by Crippen LogP contribution is 2.20. The second-order valence-corrected chi connectivity index (χ2v) is 6.34. The van der Waals surface area contributed by atoms with Crippen LogP contribution in [0.1, 0.15) is 35.7 Å². The van der Waals surface area contributed by atoms with Crippen LogP contribution in [0.25, 0.3) is 0 Å². The standard InChI is InChI=1S/C13H20N2O4S/c1-4-5-9-15(3)20(18,19)14-12-8-6-7-11(10(12)2)13(16)17/h6-8,14H,4-5,9H2,1-3H3,(H,16,17). The highest BCUT2D eigenvalue weighted by atomic mass is 32.2. The number of rotatable bonds is 7. The normalized spacial score (nSPS) is 11.6. The fourth-order valence-corrected chi connectivity index (χ4v) is 2.72. The van der Waals surface area contributed by atoms with Gasteiger partial charge in [0.1, 0.15) is 0 Å². The van der Waals surface area contributed by atoms with Crippen molar-refractivity contribution in [2.24, 2.45) is 0 Å². The van der Waals surface area contributed by atoms with Crippen molar-refractivity contribution in [2.45, 2.75) is 26.7 Å². The second-order valence-electron chi connectivity index (χ2n) is 4.57. The van der Waals surface area contributed by atoms with E-state index in [0.717, 1.165) is 12.8 Å². The molecule has 7 heteroatoms. The molecular weight excluding hydrogens is 280 g/mol. The Labute approximate surface area is 119 Å². The molecule has 2 N–H and O–H groups in total. The van der Waals surface area contributed by atoms with Crippen molar-refractivity contribution in [2.75, 3.05) is 18.3 Å². The lowest BCUT2D eigenvalue weighted by Gasteiger charge is -2.19. The number of unbranched alkanes of at least 4 members (excludes halogenated alkanes) is 1. The van der Waals surface area contributed by atoms with Gasteiger partial charge in [0.15, 0.2) is 0 Å². The lowest BCUT2D eigenvalue weighted by molar-refractivity contribution is 0.0696. The number of hydrogen-bond acceptors (Lipinski definition) is 3. The Kier molecular flexibility index (Phi) is 5.52. The zero-order valence-electron chi connectivity index (χ0n) is 11.9. The van der Waals surface area contributed by atoms with Gasteiger partial charge in [-0.1, -0.05) is 19.4 Å². The summed E-state index contributed by atoms with van der Waals surface area (Å²) in [6.07, 6.45) is 1.67. The van der Waals surface area contributed by atoms with Gasteiger partial charge in [-0.25, -0.2) is 4.79 Å². The molecule has 0 amide bonds. The summed E-state index contributed by atoms with van der Waals surface area (Å²) in [5.41, 5.74) is 0.766. The van der Waals surface area contributed by atoms with Crippen LogP contribution < -0.4 is 4.72 Å². The zero-order chi connectivity index (χ0) is 15.3. The number of hydrogen-bond donors (Lipinski definition) is 2. The van der Waals surface area contributed by atoms with E-state index >= 15 is 0 Å². The molecular formula is C13H20N2O4S. The third kappa shape index (κ3) is 3.94. The number of benzene rings is 1. The van der Waals surface area contributed by atoms with Crippen LogP contribution in [0.2, 0.25) is 0 Å². The Hall–Kier alpha value is -1.60. The Bertz CT molecular complexity index is 584. The van der Waals surface area contributed by atoms with Crippen LogP contribution in [-0.2, 0) is 10.2 Å². The van der Waals surface area contributed by atoms with E-state index < -0.39 is 16.2 Å². The quantitative estimate of drug-likeness (QED) is 0.807. The zero-order valence-corrected chi connectivity index (χ0v) is 12.7. The average molecular weight is 300 g/mol. The minimum atomic E-state index is -3.66. The van der Waals surface area contributed by atoms with E-state index in [0.29, 0.717) is 12.1 Å². The molecule has 0 radical (unpaired) electrons. The van der Waals surface area contributed by atoms with Crippen molar-refractivity contribution in [3.63, 3.8) is 0 Å². The SMILES string of the molecule is CCCCN(C)S(=O)(=O)Nc1cccc(C(=O)O)c1C. The summed E-state index contributed by atoms with van der Waals surface area (Å²) in [5.74, 6) is -1.08. The van der Waals surface area contributed by atoms with Gasteiger partial charge in [-0.15, -0.1) is 0 Å². The van der Waals surface area contributed by atoms with Crippen LogP contribution in [-0.4, -0.2) is 37.4 Å². The molecule has 6 nitrogen and oxygen atoms in total. The summed E-state index contributed by atoms with van der Waals surface area (Å²) < 4.78 is 27.9. The summed E-state index contributed by atoms with van der Waals surface area (Å²) in [7, 11) is -2.17. The molecule has 0 unspecified atom stereocenters. The van der Waals surface area contributed by atoms with E-state index in [2.05, 4.69) is 4.72 Å². The summed E-state index contributed by atoms with van der Waals surface area (Å²) in [5, 5.41) is 9.03. The summed E-state index contributed by atoms with van der Waals surface area (Å²) in [6.45, 7) is 3.98. The van der Waals surface area contributed by atoms with E-state index in [-0.39, 0.29) is 11.3 Å². The van der Waals surface area contributed by atoms with E-state index in [1.165, 1.54) is 23.5 Å². The highest BCUT2D eigenvalue weighted by Gasteiger charge is 2.19. The maximum absolute atomic E-state index is 12.1. The fourth-order valence-electron chi connectivity index (χ4n) is 1.70. The molecule has 0 spiro atoms. The predicted molar refractivity (Wildman–Crippen MR) is 78.2 cm³/mol. The number of carboxylic acids is 1. The monoisotopic (exact) mass is 300 g/mol. The highest BCUT2D eigenvalue weighted by molar-refractivity contribution is 7.90. The van der Waals surface area contributed by atoms with Crippen LogP contribution >= 0.6 is 0 Å². The number of nitrogens with one attached hydrogen (secondary N) is 1. The summed E-state index contributed by atoms with van der Waals surface area (Å²) in [4.78, 5) is 11.0. The number of anilines is 1. The lowest BCUT2D eigenvalue weighted by atomic mass is 10.1. The molecule has 0 saturated heterocycles. The van der Waals surface area contributed by atoms with Crippen LogP contribution in [0.15, 0.2) is 18.2 Å². The van der Waals surface area contributed by atoms with Crippen molar-refractivity contribution < 1.29 is 18.3 Å². The molecule has 0 fully saturated rings. The molecule has 0 atom stereocenters. The third-order valence-corrected chi connectivity index (χ3v) is 4.52.